The Morgan fingerprint density at radius 1 is 1.70 bits per heavy atom. The summed E-state index contributed by atoms with van der Waals surface area (Å²) in [5, 5.41) is 16.0. The van der Waals surface area contributed by atoms with Crippen molar-refractivity contribution in [1.82, 2.24) is 20.6 Å². The lowest BCUT2D eigenvalue weighted by Gasteiger charge is -2.18. The van der Waals surface area contributed by atoms with Gasteiger partial charge >= 0.3 is 0 Å². The molecule has 1 saturated heterocycles. The standard InChI is InChI=1S/C12H20N4O4/c1-19-6-11(17)15-4-10-12(18)9(5-20-10)14-3-8-2-13-7-16-8/h2,7,9-10,12,14,18H,3-6H2,1H3,(H,13,16)(H,15,17)/t9-,10-,12+/m1/s1. The third-order valence-electron chi connectivity index (χ3n) is 3.17. The van der Waals surface area contributed by atoms with Crippen molar-refractivity contribution in [2.24, 2.45) is 0 Å². The monoisotopic (exact) mass is 284 g/mol. The molecule has 8 nitrogen and oxygen atoms in total. The van der Waals surface area contributed by atoms with E-state index in [1.54, 1.807) is 12.5 Å². The fourth-order valence-electron chi connectivity index (χ4n) is 2.06. The van der Waals surface area contributed by atoms with Crippen molar-refractivity contribution in [3.8, 4) is 0 Å². The first-order chi connectivity index (χ1) is 9.70. The Balaban J connectivity index is 1.71. The molecule has 0 bridgehead atoms. The molecule has 3 atom stereocenters. The predicted molar refractivity (Wildman–Crippen MR) is 69.8 cm³/mol. The molecule has 20 heavy (non-hydrogen) atoms. The van der Waals surface area contributed by atoms with E-state index in [0.717, 1.165) is 5.69 Å². The summed E-state index contributed by atoms with van der Waals surface area (Å²) in [7, 11) is 1.45. The van der Waals surface area contributed by atoms with Gasteiger partial charge in [-0.05, 0) is 0 Å². The molecule has 1 aliphatic rings. The maximum Gasteiger partial charge on any atom is 0.246 e. The number of methoxy groups -OCH3 is 1. The fraction of sp³-hybridized carbons (Fsp3) is 0.667. The third kappa shape index (κ3) is 4.01. The van der Waals surface area contributed by atoms with Crippen LogP contribution in [0, 0.1) is 0 Å². The Morgan fingerprint density at radius 2 is 2.55 bits per heavy atom. The minimum atomic E-state index is -0.666. The second kappa shape index (κ2) is 7.34. The van der Waals surface area contributed by atoms with Crippen LogP contribution in [0.25, 0.3) is 0 Å². The van der Waals surface area contributed by atoms with Crippen LogP contribution >= 0.6 is 0 Å². The average Bonchev–Trinajstić information content (AvgIpc) is 3.05. The number of rotatable bonds is 7. The van der Waals surface area contributed by atoms with Crippen molar-refractivity contribution in [2.45, 2.75) is 24.8 Å². The number of carbonyl (C=O) groups is 1. The lowest BCUT2D eigenvalue weighted by Crippen LogP contribution is -2.45. The largest absolute Gasteiger partial charge is 0.389 e. The number of ether oxygens (including phenoxy) is 2. The summed E-state index contributed by atoms with van der Waals surface area (Å²) in [5.41, 5.74) is 0.939. The molecular formula is C12H20N4O4. The first-order valence-electron chi connectivity index (χ1n) is 6.46. The maximum absolute atomic E-state index is 11.3. The van der Waals surface area contributed by atoms with Crippen molar-refractivity contribution in [3.05, 3.63) is 18.2 Å². The summed E-state index contributed by atoms with van der Waals surface area (Å²) in [4.78, 5) is 18.2. The van der Waals surface area contributed by atoms with E-state index in [2.05, 4.69) is 20.6 Å². The molecule has 1 aromatic heterocycles. The summed E-state index contributed by atoms with van der Waals surface area (Å²) >= 11 is 0. The molecule has 2 heterocycles. The zero-order chi connectivity index (χ0) is 14.4. The van der Waals surface area contributed by atoms with Crippen LogP contribution in [-0.4, -0.2) is 66.1 Å². The normalized spacial score (nSPS) is 25.8. The van der Waals surface area contributed by atoms with E-state index in [-0.39, 0.29) is 25.1 Å². The average molecular weight is 284 g/mol. The summed E-state index contributed by atoms with van der Waals surface area (Å²) in [6.45, 7) is 1.25. The molecule has 1 aromatic rings. The van der Waals surface area contributed by atoms with E-state index in [4.69, 9.17) is 9.47 Å². The Bertz CT molecular complexity index is 412. The number of aliphatic hydroxyl groups is 1. The first-order valence-corrected chi connectivity index (χ1v) is 6.46. The number of H-pyrrole nitrogens is 1. The number of hydrogen-bond acceptors (Lipinski definition) is 6. The van der Waals surface area contributed by atoms with Crippen LogP contribution in [0.4, 0.5) is 0 Å². The summed E-state index contributed by atoms with van der Waals surface area (Å²) in [6, 6.07) is -0.164. The van der Waals surface area contributed by atoms with Crippen molar-refractivity contribution in [2.75, 3.05) is 26.9 Å². The number of nitrogens with zero attached hydrogens (tertiary/aromatic N) is 1. The molecule has 112 valence electrons. The zero-order valence-electron chi connectivity index (χ0n) is 11.3. The molecule has 0 radical (unpaired) electrons. The number of aliphatic hydroxyl groups excluding tert-OH is 1. The second-order valence-electron chi connectivity index (χ2n) is 4.66. The van der Waals surface area contributed by atoms with Crippen LogP contribution in [0.3, 0.4) is 0 Å². The minimum Gasteiger partial charge on any atom is -0.389 e. The molecule has 1 fully saturated rings. The van der Waals surface area contributed by atoms with Crippen molar-refractivity contribution < 1.29 is 19.4 Å². The van der Waals surface area contributed by atoms with Crippen molar-refractivity contribution in [1.29, 1.82) is 0 Å². The lowest BCUT2D eigenvalue weighted by molar-refractivity contribution is -0.125. The highest BCUT2D eigenvalue weighted by Crippen LogP contribution is 2.14. The molecule has 0 saturated carbocycles. The molecule has 4 N–H and O–H groups in total. The van der Waals surface area contributed by atoms with Gasteiger partial charge in [-0.1, -0.05) is 0 Å². The SMILES string of the molecule is COCC(=O)NC[C@H]1OC[C@@H](NCc2cnc[nH]2)[C@@H]1O. The van der Waals surface area contributed by atoms with Crippen LogP contribution in [0.2, 0.25) is 0 Å². The molecular weight excluding hydrogens is 264 g/mol. The molecule has 2 rings (SSSR count). The molecule has 8 heteroatoms. The highest BCUT2D eigenvalue weighted by Gasteiger charge is 2.35. The summed E-state index contributed by atoms with van der Waals surface area (Å²) in [6.07, 6.45) is 2.25. The van der Waals surface area contributed by atoms with Gasteiger partial charge in [-0.2, -0.15) is 0 Å². The van der Waals surface area contributed by atoms with Gasteiger partial charge in [0.2, 0.25) is 5.91 Å². The minimum absolute atomic E-state index is 0.00428. The van der Waals surface area contributed by atoms with E-state index in [9.17, 15) is 9.90 Å². The Morgan fingerprint density at radius 3 is 3.25 bits per heavy atom. The van der Waals surface area contributed by atoms with Gasteiger partial charge < -0.3 is 30.2 Å². The predicted octanol–water partition coefficient (Wildman–Crippen LogP) is -1.61. The molecule has 1 aliphatic heterocycles. The highest BCUT2D eigenvalue weighted by atomic mass is 16.5. The molecule has 0 aromatic carbocycles. The quantitative estimate of drug-likeness (QED) is 0.480. The number of imidazole rings is 1. The van der Waals surface area contributed by atoms with Crippen LogP contribution < -0.4 is 10.6 Å². The van der Waals surface area contributed by atoms with Gasteiger partial charge in [0.05, 0.1) is 25.1 Å². The zero-order valence-corrected chi connectivity index (χ0v) is 11.3. The van der Waals surface area contributed by atoms with Crippen LogP contribution in [0.5, 0.6) is 0 Å². The molecule has 0 spiro atoms. The first kappa shape index (κ1) is 14.9. The number of hydrogen-bond donors (Lipinski definition) is 4. The maximum atomic E-state index is 11.3. The molecule has 0 unspecified atom stereocenters. The fourth-order valence-corrected chi connectivity index (χ4v) is 2.06. The van der Waals surface area contributed by atoms with Gasteiger partial charge in [0.25, 0.3) is 0 Å². The van der Waals surface area contributed by atoms with E-state index >= 15 is 0 Å². The number of amides is 1. The Kier molecular flexibility index (Phi) is 5.48. The number of nitrogens with one attached hydrogen (secondary N) is 3. The number of aromatic amines is 1. The van der Waals surface area contributed by atoms with Crippen LogP contribution in [0.1, 0.15) is 5.69 Å². The Hall–Kier alpha value is -1.48. The van der Waals surface area contributed by atoms with Gasteiger partial charge in [-0.3, -0.25) is 4.79 Å². The van der Waals surface area contributed by atoms with Crippen molar-refractivity contribution in [3.63, 3.8) is 0 Å². The van der Waals surface area contributed by atoms with E-state index in [1.807, 2.05) is 0 Å². The highest BCUT2D eigenvalue weighted by molar-refractivity contribution is 5.77. The number of aromatic nitrogens is 2. The third-order valence-corrected chi connectivity index (χ3v) is 3.17. The van der Waals surface area contributed by atoms with Crippen LogP contribution in [0.15, 0.2) is 12.5 Å². The van der Waals surface area contributed by atoms with E-state index in [0.29, 0.717) is 13.2 Å². The molecule has 1 amide bonds. The summed E-state index contributed by atoms with van der Waals surface area (Å²) < 4.78 is 10.2. The van der Waals surface area contributed by atoms with Crippen molar-refractivity contribution >= 4 is 5.91 Å². The van der Waals surface area contributed by atoms with Gasteiger partial charge in [-0.25, -0.2) is 4.98 Å². The van der Waals surface area contributed by atoms with Gasteiger partial charge in [0.1, 0.15) is 12.7 Å². The Labute approximate surface area is 116 Å². The second-order valence-corrected chi connectivity index (χ2v) is 4.66. The smallest absolute Gasteiger partial charge is 0.246 e. The van der Waals surface area contributed by atoms with E-state index in [1.165, 1.54) is 7.11 Å². The van der Waals surface area contributed by atoms with Gasteiger partial charge in [-0.15, -0.1) is 0 Å². The number of carbonyl (C=O) groups excluding carboxylic acids is 1. The van der Waals surface area contributed by atoms with Crippen LogP contribution in [-0.2, 0) is 20.8 Å². The van der Waals surface area contributed by atoms with E-state index < -0.39 is 12.2 Å². The lowest BCUT2D eigenvalue weighted by atomic mass is 10.1. The summed E-state index contributed by atoms with van der Waals surface area (Å²) in [5.74, 6) is -0.225. The van der Waals surface area contributed by atoms with Gasteiger partial charge in [0, 0.05) is 32.1 Å². The van der Waals surface area contributed by atoms with Gasteiger partial charge in [0.15, 0.2) is 0 Å². The molecule has 0 aliphatic carbocycles. The topological polar surface area (TPSA) is 109 Å².